The zero-order chi connectivity index (χ0) is 18.5. The molecule has 0 unspecified atom stereocenters. The molecule has 1 saturated carbocycles. The quantitative estimate of drug-likeness (QED) is 0.776. The van der Waals surface area contributed by atoms with Crippen LogP contribution in [-0.4, -0.2) is 31.6 Å². The summed E-state index contributed by atoms with van der Waals surface area (Å²) in [5, 5.41) is 3.28. The molecule has 1 aliphatic carbocycles. The van der Waals surface area contributed by atoms with E-state index in [0.29, 0.717) is 15.6 Å². The Bertz CT molecular complexity index is 798. The van der Waals surface area contributed by atoms with E-state index in [9.17, 15) is 14.0 Å². The second-order valence-electron chi connectivity index (χ2n) is 6.43. The van der Waals surface area contributed by atoms with Crippen LogP contribution in [0.25, 0.3) is 10.1 Å². The minimum absolute atomic E-state index is 0.0969. The topological polar surface area (TPSA) is 64.6 Å². The van der Waals surface area contributed by atoms with E-state index in [0.717, 1.165) is 37.0 Å². The summed E-state index contributed by atoms with van der Waals surface area (Å²) in [4.78, 5) is 24.7. The molecule has 0 aliphatic heterocycles. The van der Waals surface area contributed by atoms with Crippen molar-refractivity contribution in [3.63, 3.8) is 0 Å². The van der Waals surface area contributed by atoms with Gasteiger partial charge in [-0.3, -0.25) is 4.79 Å². The van der Waals surface area contributed by atoms with Gasteiger partial charge >= 0.3 is 5.97 Å². The Balaban J connectivity index is 1.68. The summed E-state index contributed by atoms with van der Waals surface area (Å²) >= 11 is 1.15. The molecule has 1 heterocycles. The van der Waals surface area contributed by atoms with Crippen LogP contribution in [0.3, 0.4) is 0 Å². The van der Waals surface area contributed by atoms with Crippen LogP contribution in [0.15, 0.2) is 18.2 Å². The van der Waals surface area contributed by atoms with Gasteiger partial charge in [0.25, 0.3) is 5.91 Å². The predicted octanol–water partition coefficient (Wildman–Crippen LogP) is 3.79. The van der Waals surface area contributed by atoms with Crippen LogP contribution in [0, 0.1) is 5.82 Å². The molecule has 1 amide bonds. The monoisotopic (exact) mass is 379 g/mol. The summed E-state index contributed by atoms with van der Waals surface area (Å²) in [5.41, 5.74) is 0.461. The fourth-order valence-electron chi connectivity index (χ4n) is 3.33. The molecule has 1 aromatic heterocycles. The maximum Gasteiger partial charge on any atom is 0.349 e. The average molecular weight is 379 g/mol. The zero-order valence-electron chi connectivity index (χ0n) is 14.7. The number of benzene rings is 1. The van der Waals surface area contributed by atoms with E-state index in [2.05, 4.69) is 5.32 Å². The molecule has 5 nitrogen and oxygen atoms in total. The van der Waals surface area contributed by atoms with Gasteiger partial charge < -0.3 is 14.8 Å². The summed E-state index contributed by atoms with van der Waals surface area (Å²) in [6.07, 6.45) is 5.35. The van der Waals surface area contributed by atoms with Gasteiger partial charge in [0, 0.05) is 28.8 Å². The number of esters is 1. The van der Waals surface area contributed by atoms with E-state index >= 15 is 0 Å². The summed E-state index contributed by atoms with van der Waals surface area (Å²) in [6, 6.07) is 4.85. The van der Waals surface area contributed by atoms with E-state index in [-0.39, 0.29) is 30.0 Å². The van der Waals surface area contributed by atoms with Crippen LogP contribution in [0.2, 0.25) is 0 Å². The molecule has 1 fully saturated rings. The second-order valence-corrected chi connectivity index (χ2v) is 7.49. The van der Waals surface area contributed by atoms with Crippen LogP contribution < -0.4 is 5.32 Å². The number of nitrogens with one attached hydrogen (secondary N) is 1. The SMILES string of the molecule is COCc1c(C(=O)OCC(=O)NC2CCCCC2)sc2cccc(F)c12. The first kappa shape index (κ1) is 18.8. The third-order valence-electron chi connectivity index (χ3n) is 4.54. The maximum absolute atomic E-state index is 14.2. The lowest BCUT2D eigenvalue weighted by atomic mass is 9.95. The molecule has 1 aliphatic rings. The number of halogens is 1. The first-order valence-corrected chi connectivity index (χ1v) is 9.57. The molecule has 3 rings (SSSR count). The molecule has 0 bridgehead atoms. The van der Waals surface area contributed by atoms with Crippen molar-refractivity contribution < 1.29 is 23.5 Å². The number of hydrogen-bond acceptors (Lipinski definition) is 5. The first-order chi connectivity index (χ1) is 12.6. The molecule has 26 heavy (non-hydrogen) atoms. The Kier molecular flexibility index (Phi) is 6.21. The molecule has 1 N–H and O–H groups in total. The van der Waals surface area contributed by atoms with Crippen molar-refractivity contribution in [2.75, 3.05) is 13.7 Å². The molecule has 0 spiro atoms. The Morgan fingerprint density at radius 3 is 2.77 bits per heavy atom. The van der Waals surface area contributed by atoms with Gasteiger partial charge in [0.1, 0.15) is 10.7 Å². The minimum Gasteiger partial charge on any atom is -0.451 e. The third kappa shape index (κ3) is 4.22. The van der Waals surface area contributed by atoms with E-state index < -0.39 is 11.8 Å². The third-order valence-corrected chi connectivity index (χ3v) is 5.72. The van der Waals surface area contributed by atoms with Crippen molar-refractivity contribution in [2.24, 2.45) is 0 Å². The summed E-state index contributed by atoms with van der Waals surface area (Å²) < 4.78 is 25.1. The van der Waals surface area contributed by atoms with E-state index in [4.69, 9.17) is 9.47 Å². The summed E-state index contributed by atoms with van der Waals surface area (Å²) in [5.74, 6) is -1.33. The minimum atomic E-state index is -0.628. The highest BCUT2D eigenvalue weighted by atomic mass is 32.1. The van der Waals surface area contributed by atoms with Crippen molar-refractivity contribution in [3.05, 3.63) is 34.5 Å². The molecule has 7 heteroatoms. The van der Waals surface area contributed by atoms with Crippen LogP contribution in [0.4, 0.5) is 4.39 Å². The van der Waals surface area contributed by atoms with Crippen molar-refractivity contribution in [1.29, 1.82) is 0 Å². The van der Waals surface area contributed by atoms with E-state index in [1.165, 1.54) is 19.6 Å². The van der Waals surface area contributed by atoms with Gasteiger partial charge in [-0.15, -0.1) is 11.3 Å². The van der Waals surface area contributed by atoms with Gasteiger partial charge in [0.05, 0.1) is 6.61 Å². The molecule has 1 aromatic carbocycles. The Morgan fingerprint density at radius 1 is 1.27 bits per heavy atom. The number of fused-ring (bicyclic) bond motifs is 1. The highest BCUT2D eigenvalue weighted by Crippen LogP contribution is 2.34. The number of amides is 1. The Labute approximate surface area is 155 Å². The molecular weight excluding hydrogens is 357 g/mol. The summed E-state index contributed by atoms with van der Waals surface area (Å²) in [7, 11) is 1.48. The van der Waals surface area contributed by atoms with Gasteiger partial charge in [-0.25, -0.2) is 9.18 Å². The van der Waals surface area contributed by atoms with E-state index in [1.807, 2.05) is 0 Å². The average Bonchev–Trinajstić information content (AvgIpc) is 3.01. The standard InChI is InChI=1S/C19H22FNO4S/c1-24-10-13-17-14(20)8-5-9-15(17)26-18(13)19(23)25-11-16(22)21-12-6-3-2-4-7-12/h5,8-9,12H,2-4,6-7,10-11H2,1H3,(H,21,22). The molecule has 0 radical (unpaired) electrons. The smallest absolute Gasteiger partial charge is 0.349 e. The highest BCUT2D eigenvalue weighted by molar-refractivity contribution is 7.21. The number of thiophene rings is 1. The van der Waals surface area contributed by atoms with Gasteiger partial charge in [-0.1, -0.05) is 25.3 Å². The molecule has 0 saturated heterocycles. The van der Waals surface area contributed by atoms with E-state index in [1.54, 1.807) is 12.1 Å². The zero-order valence-corrected chi connectivity index (χ0v) is 15.5. The summed E-state index contributed by atoms with van der Waals surface area (Å²) in [6.45, 7) is -0.238. The fraction of sp³-hybridized carbons (Fsp3) is 0.474. The lowest BCUT2D eigenvalue weighted by Gasteiger charge is -2.22. The first-order valence-electron chi connectivity index (χ1n) is 8.75. The van der Waals surface area contributed by atoms with Crippen LogP contribution in [0.5, 0.6) is 0 Å². The van der Waals surface area contributed by atoms with Crippen LogP contribution in [-0.2, 0) is 20.9 Å². The number of rotatable bonds is 6. The largest absolute Gasteiger partial charge is 0.451 e. The molecule has 2 aromatic rings. The van der Waals surface area contributed by atoms with Crippen molar-refractivity contribution in [1.82, 2.24) is 5.32 Å². The maximum atomic E-state index is 14.2. The van der Waals surface area contributed by atoms with Crippen molar-refractivity contribution in [2.45, 2.75) is 44.8 Å². The predicted molar refractivity (Wildman–Crippen MR) is 97.8 cm³/mol. The van der Waals surface area contributed by atoms with Gasteiger partial charge in [-0.05, 0) is 25.0 Å². The van der Waals surface area contributed by atoms with Gasteiger partial charge in [-0.2, -0.15) is 0 Å². The lowest BCUT2D eigenvalue weighted by Crippen LogP contribution is -2.38. The fourth-order valence-corrected chi connectivity index (χ4v) is 4.44. The number of carbonyl (C=O) groups is 2. The van der Waals surface area contributed by atoms with Gasteiger partial charge in [0.15, 0.2) is 6.61 Å². The van der Waals surface area contributed by atoms with Crippen molar-refractivity contribution in [3.8, 4) is 0 Å². The number of hydrogen-bond donors (Lipinski definition) is 1. The number of ether oxygens (including phenoxy) is 2. The van der Waals surface area contributed by atoms with Crippen LogP contribution in [0.1, 0.15) is 47.3 Å². The lowest BCUT2D eigenvalue weighted by molar-refractivity contribution is -0.125. The van der Waals surface area contributed by atoms with Crippen molar-refractivity contribution >= 4 is 33.3 Å². The Morgan fingerprint density at radius 2 is 2.04 bits per heavy atom. The Hall–Kier alpha value is -1.99. The second kappa shape index (κ2) is 8.60. The van der Waals surface area contributed by atoms with Gasteiger partial charge in [0.2, 0.25) is 0 Å². The molecule has 0 atom stereocenters. The van der Waals surface area contributed by atoms with Crippen LogP contribution >= 0.6 is 11.3 Å². The normalized spacial score (nSPS) is 15.2. The number of carbonyl (C=O) groups excluding carboxylic acids is 2. The number of methoxy groups -OCH3 is 1. The highest BCUT2D eigenvalue weighted by Gasteiger charge is 2.23. The molecule has 140 valence electrons. The molecular formula is C19H22FNO4S.